The van der Waals surface area contributed by atoms with Crippen LogP contribution in [-0.4, -0.2) is 46.7 Å². The summed E-state index contributed by atoms with van der Waals surface area (Å²) in [5.74, 6) is -0.650. The lowest BCUT2D eigenvalue weighted by molar-refractivity contribution is -0.114. The minimum absolute atomic E-state index is 0.0146. The van der Waals surface area contributed by atoms with Gasteiger partial charge in [-0.05, 0) is 74.4 Å². The fourth-order valence-corrected chi connectivity index (χ4v) is 7.49. The van der Waals surface area contributed by atoms with Crippen LogP contribution >= 0.6 is 23.2 Å². The quantitative estimate of drug-likeness (QED) is 0.380. The Hall–Kier alpha value is -2.63. The van der Waals surface area contributed by atoms with Crippen LogP contribution in [0.5, 0.6) is 0 Å². The van der Waals surface area contributed by atoms with Gasteiger partial charge < -0.3 is 5.32 Å². The van der Waals surface area contributed by atoms with Crippen LogP contribution in [0, 0.1) is 6.92 Å². The van der Waals surface area contributed by atoms with E-state index in [0.29, 0.717) is 18.8 Å². The van der Waals surface area contributed by atoms with Crippen LogP contribution in [0.15, 0.2) is 76.5 Å². The van der Waals surface area contributed by atoms with Crippen molar-refractivity contribution < 1.29 is 21.6 Å². The smallest absolute Gasteiger partial charge is 0.264 e. The highest BCUT2D eigenvalue weighted by atomic mass is 35.5. The van der Waals surface area contributed by atoms with Gasteiger partial charge >= 0.3 is 0 Å². The molecule has 202 valence electrons. The second-order valence-electron chi connectivity index (χ2n) is 8.96. The molecule has 0 aliphatic carbocycles. The molecule has 1 amide bonds. The first-order chi connectivity index (χ1) is 18.0. The van der Waals surface area contributed by atoms with E-state index in [9.17, 15) is 21.6 Å². The maximum atomic E-state index is 13.6. The zero-order chi connectivity index (χ0) is 27.5. The average molecular weight is 597 g/mol. The molecule has 0 spiro atoms. The maximum Gasteiger partial charge on any atom is 0.264 e. The van der Waals surface area contributed by atoms with Gasteiger partial charge in [-0.15, -0.1) is 0 Å². The van der Waals surface area contributed by atoms with E-state index < -0.39 is 32.5 Å². The molecule has 3 aromatic carbocycles. The number of nitrogens with one attached hydrogen (secondary N) is 1. The van der Waals surface area contributed by atoms with E-state index in [0.717, 1.165) is 29.1 Å². The van der Waals surface area contributed by atoms with E-state index in [-0.39, 0.29) is 25.5 Å². The third-order valence-corrected chi connectivity index (χ3v) is 10.4. The molecular formula is C26H27Cl2N3O5S2. The summed E-state index contributed by atoms with van der Waals surface area (Å²) in [4.78, 5) is 13.2. The largest absolute Gasteiger partial charge is 0.325 e. The number of hydrogen-bond acceptors (Lipinski definition) is 5. The molecule has 0 saturated carbocycles. The number of carbonyl (C=O) groups excluding carboxylic acids is 1. The minimum atomic E-state index is -4.19. The second kappa shape index (κ2) is 11.6. The summed E-state index contributed by atoms with van der Waals surface area (Å²) < 4.78 is 55.3. The molecule has 4 rings (SSSR count). The lowest BCUT2D eigenvalue weighted by Crippen LogP contribution is -2.38. The number of nitrogens with zero attached hydrogens (tertiary/aromatic N) is 2. The van der Waals surface area contributed by atoms with Gasteiger partial charge in [-0.25, -0.2) is 16.8 Å². The van der Waals surface area contributed by atoms with Gasteiger partial charge in [0.15, 0.2) is 0 Å². The fourth-order valence-electron chi connectivity index (χ4n) is 4.11. The standard InChI is InChI=1S/C26H27Cl2N3O5S2/c1-19-5-10-23(11-6-19)38(35,36)31(25-17-20(27)7-14-24(25)28)18-26(32)29-21-8-12-22(13-9-21)37(33,34)30-15-3-2-4-16-30/h5-14,17H,2-4,15-16,18H2,1H3,(H,29,32). The predicted molar refractivity (Wildman–Crippen MR) is 150 cm³/mol. The van der Waals surface area contributed by atoms with Crippen molar-refractivity contribution in [1.29, 1.82) is 0 Å². The SMILES string of the molecule is Cc1ccc(S(=O)(=O)N(CC(=O)Nc2ccc(S(=O)(=O)N3CCCCC3)cc2)c2cc(Cl)ccc2Cl)cc1. The number of rotatable bonds is 8. The van der Waals surface area contributed by atoms with Crippen LogP contribution in [0.4, 0.5) is 11.4 Å². The predicted octanol–water partition coefficient (Wildman–Crippen LogP) is 5.31. The number of amides is 1. The van der Waals surface area contributed by atoms with Crippen molar-refractivity contribution in [2.45, 2.75) is 36.0 Å². The van der Waals surface area contributed by atoms with Gasteiger partial charge in [0, 0.05) is 23.8 Å². The molecule has 1 heterocycles. The van der Waals surface area contributed by atoms with Crippen molar-refractivity contribution >= 4 is 60.5 Å². The Labute approximate surface area is 233 Å². The number of hydrogen-bond donors (Lipinski definition) is 1. The van der Waals surface area contributed by atoms with Crippen molar-refractivity contribution in [3.05, 3.63) is 82.3 Å². The summed E-state index contributed by atoms with van der Waals surface area (Å²) in [6.45, 7) is 2.21. The number of aryl methyl sites for hydroxylation is 1. The number of sulfonamides is 2. The monoisotopic (exact) mass is 595 g/mol. The number of carbonyl (C=O) groups is 1. The topological polar surface area (TPSA) is 104 Å². The van der Waals surface area contributed by atoms with Crippen LogP contribution < -0.4 is 9.62 Å². The molecule has 0 radical (unpaired) electrons. The van der Waals surface area contributed by atoms with Crippen LogP contribution in [0.2, 0.25) is 10.0 Å². The first kappa shape index (κ1) is 28.4. The van der Waals surface area contributed by atoms with Gasteiger partial charge in [-0.2, -0.15) is 4.31 Å². The van der Waals surface area contributed by atoms with Crippen molar-refractivity contribution in [2.24, 2.45) is 0 Å². The molecule has 1 aliphatic heterocycles. The van der Waals surface area contributed by atoms with Gasteiger partial charge in [-0.3, -0.25) is 9.10 Å². The molecule has 1 N–H and O–H groups in total. The molecule has 0 unspecified atom stereocenters. The highest BCUT2D eigenvalue weighted by Crippen LogP contribution is 2.33. The van der Waals surface area contributed by atoms with Crippen molar-refractivity contribution in [3.63, 3.8) is 0 Å². The first-order valence-electron chi connectivity index (χ1n) is 11.9. The number of halogens is 2. The molecule has 0 aromatic heterocycles. The van der Waals surface area contributed by atoms with E-state index >= 15 is 0 Å². The lowest BCUT2D eigenvalue weighted by Gasteiger charge is -2.26. The van der Waals surface area contributed by atoms with E-state index in [4.69, 9.17) is 23.2 Å². The molecule has 0 bridgehead atoms. The number of benzene rings is 3. The lowest BCUT2D eigenvalue weighted by atomic mass is 10.2. The van der Waals surface area contributed by atoms with Crippen LogP contribution in [0.25, 0.3) is 0 Å². The van der Waals surface area contributed by atoms with E-state index in [2.05, 4.69) is 5.32 Å². The molecule has 8 nitrogen and oxygen atoms in total. The molecule has 1 aliphatic rings. The summed E-state index contributed by atoms with van der Waals surface area (Å²) in [5, 5.41) is 2.99. The van der Waals surface area contributed by atoms with Gasteiger partial charge in [0.05, 0.1) is 20.5 Å². The Morgan fingerprint density at radius 2 is 1.47 bits per heavy atom. The summed E-state index contributed by atoms with van der Waals surface area (Å²) in [6, 6.07) is 16.4. The van der Waals surface area contributed by atoms with Gasteiger partial charge in [-0.1, -0.05) is 47.3 Å². The van der Waals surface area contributed by atoms with Gasteiger partial charge in [0.2, 0.25) is 15.9 Å². The second-order valence-corrected chi connectivity index (χ2v) is 13.6. The summed E-state index contributed by atoms with van der Waals surface area (Å²) in [5.41, 5.74) is 1.25. The van der Waals surface area contributed by atoms with Crippen LogP contribution in [-0.2, 0) is 24.8 Å². The van der Waals surface area contributed by atoms with Crippen molar-refractivity contribution in [2.75, 3.05) is 29.3 Å². The average Bonchev–Trinajstić information content (AvgIpc) is 2.90. The van der Waals surface area contributed by atoms with E-state index in [1.165, 1.54) is 58.9 Å². The minimum Gasteiger partial charge on any atom is -0.325 e. The molecule has 0 atom stereocenters. The Morgan fingerprint density at radius 1 is 0.868 bits per heavy atom. The van der Waals surface area contributed by atoms with Crippen molar-refractivity contribution in [3.8, 4) is 0 Å². The van der Waals surface area contributed by atoms with Crippen LogP contribution in [0.1, 0.15) is 24.8 Å². The normalized spacial score (nSPS) is 14.7. The van der Waals surface area contributed by atoms with E-state index in [1.807, 2.05) is 6.92 Å². The van der Waals surface area contributed by atoms with E-state index in [1.54, 1.807) is 12.1 Å². The van der Waals surface area contributed by atoms with Crippen LogP contribution in [0.3, 0.4) is 0 Å². The number of anilines is 2. The highest BCUT2D eigenvalue weighted by molar-refractivity contribution is 7.93. The number of piperidine rings is 1. The third-order valence-electron chi connectivity index (χ3n) is 6.16. The Bertz CT molecular complexity index is 1520. The molecular weight excluding hydrogens is 569 g/mol. The van der Waals surface area contributed by atoms with Gasteiger partial charge in [0.25, 0.3) is 10.0 Å². The summed E-state index contributed by atoms with van der Waals surface area (Å²) >= 11 is 12.4. The zero-order valence-corrected chi connectivity index (χ0v) is 23.7. The molecule has 12 heteroatoms. The molecule has 1 fully saturated rings. The zero-order valence-electron chi connectivity index (χ0n) is 20.6. The molecule has 38 heavy (non-hydrogen) atoms. The Kier molecular flexibility index (Phi) is 8.68. The maximum absolute atomic E-state index is 13.6. The Morgan fingerprint density at radius 3 is 2.11 bits per heavy atom. The third kappa shape index (κ3) is 6.32. The molecule has 1 saturated heterocycles. The van der Waals surface area contributed by atoms with Crippen molar-refractivity contribution in [1.82, 2.24) is 4.31 Å². The van der Waals surface area contributed by atoms with Gasteiger partial charge in [0.1, 0.15) is 6.54 Å². The highest BCUT2D eigenvalue weighted by Gasteiger charge is 2.29. The molecule has 3 aromatic rings. The first-order valence-corrected chi connectivity index (χ1v) is 15.6. The summed E-state index contributed by atoms with van der Waals surface area (Å²) in [6.07, 6.45) is 2.66. The summed E-state index contributed by atoms with van der Waals surface area (Å²) in [7, 11) is -7.81. The Balaban J connectivity index is 1.57. The fraction of sp³-hybridized carbons (Fsp3) is 0.269.